The van der Waals surface area contributed by atoms with Gasteiger partial charge in [-0.2, -0.15) is 5.10 Å². The number of pyridine rings is 1. The second kappa shape index (κ2) is 11.4. The maximum Gasteiger partial charge on any atom is 0.322 e. The predicted octanol–water partition coefficient (Wildman–Crippen LogP) is 7.64. The van der Waals surface area contributed by atoms with Crippen molar-refractivity contribution in [3.05, 3.63) is 96.2 Å². The van der Waals surface area contributed by atoms with E-state index in [1.807, 2.05) is 82.8 Å². The molecule has 0 aliphatic heterocycles. The predicted molar refractivity (Wildman–Crippen MR) is 177 cm³/mol. The standard InChI is InChI=1S/C34H31N7O2S/c1-18(2)33(42)40-24-8-9-25(19(3)14-24)30-28(22-7-10-27(20(4)13-22)43-34-36-12-11-21(5)39-34)29-31(44-30)26(16-37-32(29)35)23-15-38-41(6)17-23/h7-17H,1H2,2-6H3,(H2,35,37)(H,40,42). The van der Waals surface area contributed by atoms with Crippen LogP contribution in [0.25, 0.3) is 42.8 Å². The van der Waals surface area contributed by atoms with E-state index >= 15 is 0 Å². The van der Waals surface area contributed by atoms with E-state index in [1.165, 1.54) is 0 Å². The Morgan fingerprint density at radius 3 is 2.50 bits per heavy atom. The number of fused-ring (bicyclic) bond motifs is 1. The number of benzene rings is 2. The smallest absolute Gasteiger partial charge is 0.322 e. The molecule has 0 aliphatic carbocycles. The zero-order valence-electron chi connectivity index (χ0n) is 25.1. The fourth-order valence-corrected chi connectivity index (χ4v) is 6.53. The summed E-state index contributed by atoms with van der Waals surface area (Å²) < 4.78 is 8.83. The minimum Gasteiger partial charge on any atom is -0.424 e. The Hall–Kier alpha value is -5.35. The second-order valence-electron chi connectivity index (χ2n) is 10.8. The van der Waals surface area contributed by atoms with Crippen LogP contribution in [0.5, 0.6) is 11.8 Å². The van der Waals surface area contributed by atoms with E-state index in [-0.39, 0.29) is 5.91 Å². The zero-order valence-corrected chi connectivity index (χ0v) is 25.9. The molecule has 0 saturated carbocycles. The van der Waals surface area contributed by atoms with Crippen molar-refractivity contribution < 1.29 is 9.53 Å². The van der Waals surface area contributed by atoms with Crippen LogP contribution < -0.4 is 15.8 Å². The van der Waals surface area contributed by atoms with Gasteiger partial charge in [-0.25, -0.2) is 15.0 Å². The van der Waals surface area contributed by atoms with E-state index in [9.17, 15) is 4.79 Å². The fraction of sp³-hybridized carbons (Fsp3) is 0.147. The fourth-order valence-electron chi connectivity index (χ4n) is 5.08. The maximum absolute atomic E-state index is 12.3. The number of aromatic nitrogens is 5. The summed E-state index contributed by atoms with van der Waals surface area (Å²) in [6.45, 7) is 11.4. The molecular weight excluding hydrogens is 570 g/mol. The van der Waals surface area contributed by atoms with Gasteiger partial charge < -0.3 is 15.8 Å². The van der Waals surface area contributed by atoms with E-state index in [4.69, 9.17) is 10.5 Å². The average molecular weight is 602 g/mol. The number of nitrogens with zero attached hydrogens (tertiary/aromatic N) is 5. The summed E-state index contributed by atoms with van der Waals surface area (Å²) in [5.41, 5.74) is 15.4. The summed E-state index contributed by atoms with van der Waals surface area (Å²) in [6.07, 6.45) is 7.30. The topological polar surface area (TPSA) is 121 Å². The molecule has 44 heavy (non-hydrogen) atoms. The molecule has 0 radical (unpaired) electrons. The third-order valence-corrected chi connectivity index (χ3v) is 8.57. The van der Waals surface area contributed by atoms with Gasteiger partial charge in [0, 0.05) is 74.2 Å². The lowest BCUT2D eigenvalue weighted by molar-refractivity contribution is -0.112. The lowest BCUT2D eigenvalue weighted by Gasteiger charge is -2.13. The SMILES string of the molecule is C=C(C)C(=O)Nc1ccc(-c2sc3c(-c4cnn(C)c4)cnc(N)c3c2-c2ccc(Oc3nccc(C)n3)c(C)c2)c(C)c1. The highest BCUT2D eigenvalue weighted by atomic mass is 32.1. The third-order valence-electron chi connectivity index (χ3n) is 7.31. The van der Waals surface area contributed by atoms with Crippen molar-refractivity contribution in [1.82, 2.24) is 24.7 Å². The van der Waals surface area contributed by atoms with Gasteiger partial charge in [0.15, 0.2) is 0 Å². The third kappa shape index (κ3) is 5.43. The summed E-state index contributed by atoms with van der Waals surface area (Å²) in [5.74, 6) is 0.893. The Morgan fingerprint density at radius 1 is 1.00 bits per heavy atom. The molecule has 0 spiro atoms. The van der Waals surface area contributed by atoms with Crippen LogP contribution in [0.1, 0.15) is 23.7 Å². The van der Waals surface area contributed by atoms with Crippen molar-refractivity contribution >= 4 is 38.8 Å². The van der Waals surface area contributed by atoms with Gasteiger partial charge in [-0.05, 0) is 80.3 Å². The van der Waals surface area contributed by atoms with E-state index in [0.29, 0.717) is 28.8 Å². The van der Waals surface area contributed by atoms with Crippen molar-refractivity contribution in [2.75, 3.05) is 11.1 Å². The summed E-state index contributed by atoms with van der Waals surface area (Å²) in [4.78, 5) is 26.6. The molecule has 220 valence electrons. The molecule has 0 fully saturated rings. The van der Waals surface area contributed by atoms with Gasteiger partial charge in [0.1, 0.15) is 11.6 Å². The summed E-state index contributed by atoms with van der Waals surface area (Å²) >= 11 is 1.66. The number of nitrogens with two attached hydrogens (primary N) is 1. The van der Waals surface area contributed by atoms with E-state index < -0.39 is 0 Å². The maximum atomic E-state index is 12.3. The highest BCUT2D eigenvalue weighted by Crippen LogP contribution is 2.50. The lowest BCUT2D eigenvalue weighted by Crippen LogP contribution is -2.11. The van der Waals surface area contributed by atoms with Crippen LogP contribution in [0, 0.1) is 20.8 Å². The number of hydrogen-bond acceptors (Lipinski definition) is 8. The molecular formula is C34H31N7O2S. The number of anilines is 2. The molecule has 0 aliphatic rings. The molecule has 3 N–H and O–H groups in total. The second-order valence-corrected chi connectivity index (χ2v) is 11.8. The highest BCUT2D eigenvalue weighted by molar-refractivity contribution is 7.23. The van der Waals surface area contributed by atoms with Crippen molar-refractivity contribution in [1.29, 1.82) is 0 Å². The normalized spacial score (nSPS) is 11.1. The van der Waals surface area contributed by atoms with Crippen molar-refractivity contribution in [2.24, 2.45) is 7.05 Å². The zero-order chi connectivity index (χ0) is 31.1. The van der Waals surface area contributed by atoms with Gasteiger partial charge in [0.05, 0.1) is 6.20 Å². The van der Waals surface area contributed by atoms with Crippen molar-refractivity contribution in [2.45, 2.75) is 27.7 Å². The van der Waals surface area contributed by atoms with Crippen LogP contribution in [0.2, 0.25) is 0 Å². The summed E-state index contributed by atoms with van der Waals surface area (Å²) in [7, 11) is 1.89. The number of thiophene rings is 1. The summed E-state index contributed by atoms with van der Waals surface area (Å²) in [5, 5.41) is 8.18. The Balaban J connectivity index is 1.54. The minimum atomic E-state index is -0.214. The molecule has 0 bridgehead atoms. The van der Waals surface area contributed by atoms with Gasteiger partial charge in [0.2, 0.25) is 0 Å². The number of nitrogens with one attached hydrogen (secondary N) is 1. The van der Waals surface area contributed by atoms with Crippen LogP contribution in [0.15, 0.2) is 79.4 Å². The monoisotopic (exact) mass is 601 g/mol. The number of nitrogen functional groups attached to an aromatic ring is 1. The lowest BCUT2D eigenvalue weighted by atomic mass is 9.95. The number of carbonyl (C=O) groups is 1. The van der Waals surface area contributed by atoms with E-state index in [0.717, 1.165) is 59.6 Å². The summed E-state index contributed by atoms with van der Waals surface area (Å²) in [6, 6.07) is 14.1. The van der Waals surface area contributed by atoms with Gasteiger partial charge in [-0.3, -0.25) is 9.48 Å². The quantitative estimate of drug-likeness (QED) is 0.180. The largest absolute Gasteiger partial charge is 0.424 e. The molecule has 6 rings (SSSR count). The van der Waals surface area contributed by atoms with Gasteiger partial charge in [0.25, 0.3) is 5.91 Å². The first-order valence-corrected chi connectivity index (χ1v) is 14.8. The number of ether oxygens (including phenoxy) is 1. The van der Waals surface area contributed by atoms with Crippen LogP contribution in [-0.4, -0.2) is 30.6 Å². The molecule has 1 amide bonds. The minimum absolute atomic E-state index is 0.214. The van der Waals surface area contributed by atoms with Gasteiger partial charge >= 0.3 is 6.01 Å². The number of amides is 1. The van der Waals surface area contributed by atoms with Gasteiger partial charge in [-0.15, -0.1) is 11.3 Å². The molecule has 0 saturated heterocycles. The Labute approximate surface area is 259 Å². The van der Waals surface area contributed by atoms with Crippen molar-refractivity contribution in [3.8, 4) is 44.5 Å². The number of rotatable bonds is 7. The average Bonchev–Trinajstić information content (AvgIpc) is 3.59. The Kier molecular flexibility index (Phi) is 7.44. The Morgan fingerprint density at radius 2 is 1.82 bits per heavy atom. The first-order chi connectivity index (χ1) is 21.1. The molecule has 2 aromatic carbocycles. The Bertz CT molecular complexity index is 2090. The first kappa shape index (κ1) is 28.8. The van der Waals surface area contributed by atoms with Gasteiger partial charge in [-0.1, -0.05) is 18.7 Å². The van der Waals surface area contributed by atoms with E-state index in [1.54, 1.807) is 29.1 Å². The van der Waals surface area contributed by atoms with Crippen molar-refractivity contribution in [3.63, 3.8) is 0 Å². The highest BCUT2D eigenvalue weighted by Gasteiger charge is 2.23. The number of hydrogen-bond donors (Lipinski definition) is 2. The molecule has 6 aromatic rings. The molecule has 10 heteroatoms. The molecule has 4 aromatic heterocycles. The van der Waals surface area contributed by atoms with Crippen LogP contribution in [-0.2, 0) is 11.8 Å². The van der Waals surface area contributed by atoms with Crippen LogP contribution >= 0.6 is 11.3 Å². The molecule has 0 atom stereocenters. The van der Waals surface area contributed by atoms with Crippen LogP contribution in [0.4, 0.5) is 11.5 Å². The molecule has 4 heterocycles. The van der Waals surface area contributed by atoms with E-state index in [2.05, 4.69) is 38.0 Å². The molecule has 0 unspecified atom stereocenters. The number of aryl methyl sites for hydroxylation is 4. The van der Waals surface area contributed by atoms with Crippen LogP contribution in [0.3, 0.4) is 0 Å². The number of carbonyl (C=O) groups excluding carboxylic acids is 1. The molecule has 9 nitrogen and oxygen atoms in total. The first-order valence-electron chi connectivity index (χ1n) is 14.0.